The minimum atomic E-state index is -0.456. The summed E-state index contributed by atoms with van der Waals surface area (Å²) in [6.45, 7) is 8.00. The van der Waals surface area contributed by atoms with Crippen molar-refractivity contribution in [2.75, 3.05) is 26.0 Å². The molecule has 0 aliphatic heterocycles. The molecule has 0 atom stereocenters. The number of carbonyl (C=O) groups is 3. The van der Waals surface area contributed by atoms with Crippen LogP contribution in [-0.2, 0) is 9.59 Å². The van der Waals surface area contributed by atoms with Crippen LogP contribution < -0.4 is 10.2 Å². The van der Waals surface area contributed by atoms with Gasteiger partial charge in [0.2, 0.25) is 5.89 Å². The first-order valence-corrected chi connectivity index (χ1v) is 13.7. The quantitative estimate of drug-likeness (QED) is 0.214. The third-order valence-electron chi connectivity index (χ3n) is 6.54. The molecule has 0 fully saturated rings. The second-order valence-corrected chi connectivity index (χ2v) is 9.21. The molecule has 0 saturated heterocycles. The van der Waals surface area contributed by atoms with Gasteiger partial charge in [0.1, 0.15) is 42.1 Å². The fraction of sp³-hybridized carbons (Fsp3) is 0.147. The maximum Gasteiger partial charge on any atom is 0.255 e. The number of furan rings is 1. The summed E-state index contributed by atoms with van der Waals surface area (Å²) >= 11 is 0. The van der Waals surface area contributed by atoms with E-state index < -0.39 is 11.6 Å². The number of hydrogen-bond acceptors (Lipinski definition) is 8. The highest BCUT2D eigenvalue weighted by atomic mass is 19.1. The Morgan fingerprint density at radius 2 is 1.51 bits per heavy atom. The zero-order chi connectivity index (χ0) is 33.3. The third-order valence-corrected chi connectivity index (χ3v) is 6.54. The number of hydrogen-bond donors (Lipinski definition) is 1. The van der Waals surface area contributed by atoms with Gasteiger partial charge in [-0.05, 0) is 48.5 Å². The fourth-order valence-electron chi connectivity index (χ4n) is 4.64. The van der Waals surface area contributed by atoms with Gasteiger partial charge in [0, 0.05) is 72.8 Å². The van der Waals surface area contributed by atoms with Crippen molar-refractivity contribution in [3.63, 3.8) is 0 Å². The van der Waals surface area contributed by atoms with E-state index in [2.05, 4.69) is 15.3 Å². The highest BCUT2D eigenvalue weighted by Gasteiger charge is 2.25. The SMILES string of the molecule is C=O.C=O.CC.CNC(=O)c1c(-c2ccc(F)cc2)oc2cc(N(C)C)c(-c3cc(-c4nc5cnccc5o4)ccc3F)cc12. The molecule has 0 aliphatic rings. The average molecular weight is 615 g/mol. The lowest BCUT2D eigenvalue weighted by atomic mass is 9.96. The average Bonchev–Trinajstić information content (AvgIpc) is 3.69. The van der Waals surface area contributed by atoms with E-state index in [-0.39, 0.29) is 11.5 Å². The summed E-state index contributed by atoms with van der Waals surface area (Å²) in [4.78, 5) is 39.4. The second kappa shape index (κ2) is 15.1. The molecule has 0 saturated carbocycles. The Kier molecular flexibility index (Phi) is 11.4. The molecule has 1 N–H and O–H groups in total. The van der Waals surface area contributed by atoms with Gasteiger partial charge in [-0.1, -0.05) is 13.8 Å². The number of oxazole rings is 1. The molecular weight excluding hydrogens is 582 g/mol. The van der Waals surface area contributed by atoms with Gasteiger partial charge in [-0.25, -0.2) is 13.8 Å². The Hall–Kier alpha value is -5.71. The van der Waals surface area contributed by atoms with Crippen LogP contribution in [0, 0.1) is 11.6 Å². The van der Waals surface area contributed by atoms with E-state index in [4.69, 9.17) is 18.4 Å². The number of halogens is 2. The minimum absolute atomic E-state index is 0.272. The zero-order valence-electron chi connectivity index (χ0n) is 25.5. The molecule has 0 bridgehead atoms. The number of rotatable bonds is 5. The normalized spacial score (nSPS) is 10.1. The van der Waals surface area contributed by atoms with Crippen molar-refractivity contribution in [1.82, 2.24) is 15.3 Å². The second-order valence-electron chi connectivity index (χ2n) is 9.21. The smallest absolute Gasteiger partial charge is 0.255 e. The van der Waals surface area contributed by atoms with E-state index in [0.717, 1.165) is 0 Å². The summed E-state index contributed by atoms with van der Waals surface area (Å²) in [5.41, 5.74) is 4.50. The molecule has 232 valence electrons. The van der Waals surface area contributed by atoms with E-state index in [1.807, 2.05) is 46.4 Å². The Labute approximate surface area is 258 Å². The van der Waals surface area contributed by atoms with Gasteiger partial charge >= 0.3 is 0 Å². The molecule has 0 radical (unpaired) electrons. The van der Waals surface area contributed by atoms with Gasteiger partial charge < -0.3 is 28.6 Å². The number of anilines is 1. The first kappa shape index (κ1) is 33.8. The van der Waals surface area contributed by atoms with Gasteiger partial charge in [-0.2, -0.15) is 0 Å². The Morgan fingerprint density at radius 3 is 2.13 bits per heavy atom. The molecular formula is C34H32F2N4O5. The lowest BCUT2D eigenvalue weighted by Gasteiger charge is -2.18. The number of amides is 1. The third kappa shape index (κ3) is 6.77. The predicted molar refractivity (Wildman–Crippen MR) is 171 cm³/mol. The van der Waals surface area contributed by atoms with Crippen molar-refractivity contribution >= 4 is 47.2 Å². The number of pyridine rings is 1. The number of nitrogens with zero attached hydrogens (tertiary/aromatic N) is 3. The summed E-state index contributed by atoms with van der Waals surface area (Å²) in [5, 5.41) is 3.14. The summed E-state index contributed by atoms with van der Waals surface area (Å²) < 4.78 is 41.1. The molecule has 3 heterocycles. The summed E-state index contributed by atoms with van der Waals surface area (Å²) in [7, 11) is 5.19. The van der Waals surface area contributed by atoms with E-state index in [9.17, 15) is 9.18 Å². The van der Waals surface area contributed by atoms with Gasteiger partial charge in [0.05, 0.1) is 11.8 Å². The van der Waals surface area contributed by atoms with Crippen LogP contribution in [-0.4, -0.2) is 50.6 Å². The fourth-order valence-corrected chi connectivity index (χ4v) is 4.64. The molecule has 1 amide bonds. The Bertz CT molecular complexity index is 1880. The minimum Gasteiger partial charge on any atom is -0.455 e. The summed E-state index contributed by atoms with van der Waals surface area (Å²) in [6, 6.07) is 15.6. The van der Waals surface area contributed by atoms with Crippen LogP contribution in [0.4, 0.5) is 14.5 Å². The number of carbonyl (C=O) groups excluding carboxylic acids is 3. The molecule has 3 aromatic heterocycles. The van der Waals surface area contributed by atoms with Crippen molar-refractivity contribution in [2.45, 2.75) is 13.8 Å². The Balaban J connectivity index is 0.000000870. The van der Waals surface area contributed by atoms with Crippen LogP contribution in [0.5, 0.6) is 0 Å². The van der Waals surface area contributed by atoms with Crippen LogP contribution in [0.25, 0.3) is 56.0 Å². The molecule has 6 rings (SSSR count). The highest BCUT2D eigenvalue weighted by molar-refractivity contribution is 6.13. The lowest BCUT2D eigenvalue weighted by Crippen LogP contribution is -2.18. The molecule has 0 aliphatic carbocycles. The monoisotopic (exact) mass is 614 g/mol. The molecule has 0 unspecified atom stereocenters. The van der Waals surface area contributed by atoms with Crippen molar-refractivity contribution in [3.8, 4) is 33.9 Å². The largest absolute Gasteiger partial charge is 0.455 e. The standard InChI is InChI=1S/C30H22F2N4O3.C2H6.2CH2O/c1-33-29(37)27-21-13-20(24(36(2)3)14-26(21)38-28(27)16-4-7-18(31)8-5-16)19-12-17(6-9-22(19)32)30-35-23-15-34-11-10-25(23)39-30;3*1-2/h4-15H,1-3H3,(H,33,37);1-2H3;2*1H2. The highest BCUT2D eigenvalue weighted by Crippen LogP contribution is 2.42. The summed E-state index contributed by atoms with van der Waals surface area (Å²) in [6.07, 6.45) is 3.21. The van der Waals surface area contributed by atoms with Gasteiger partial charge in [-0.15, -0.1) is 0 Å². The molecule has 11 heteroatoms. The van der Waals surface area contributed by atoms with E-state index in [0.29, 0.717) is 61.7 Å². The number of nitrogens with one attached hydrogen (secondary N) is 1. The van der Waals surface area contributed by atoms with Crippen LogP contribution in [0.1, 0.15) is 24.2 Å². The van der Waals surface area contributed by atoms with Crippen LogP contribution >= 0.6 is 0 Å². The van der Waals surface area contributed by atoms with E-state index in [1.54, 1.807) is 54.9 Å². The number of aromatic nitrogens is 2. The number of benzene rings is 3. The first-order chi connectivity index (χ1) is 21.8. The van der Waals surface area contributed by atoms with E-state index in [1.165, 1.54) is 25.2 Å². The van der Waals surface area contributed by atoms with E-state index >= 15 is 4.39 Å². The van der Waals surface area contributed by atoms with Crippen LogP contribution in [0.15, 0.2) is 81.9 Å². The lowest BCUT2D eigenvalue weighted by molar-refractivity contribution is -0.0987. The molecule has 9 nitrogen and oxygen atoms in total. The van der Waals surface area contributed by atoms with Gasteiger partial charge in [-0.3, -0.25) is 9.78 Å². The molecule has 3 aromatic carbocycles. The topological polar surface area (TPSA) is 119 Å². The zero-order valence-corrected chi connectivity index (χ0v) is 25.5. The maximum atomic E-state index is 15.4. The predicted octanol–water partition coefficient (Wildman–Crippen LogP) is 7.33. The first-order valence-electron chi connectivity index (χ1n) is 13.7. The van der Waals surface area contributed by atoms with Crippen LogP contribution in [0.3, 0.4) is 0 Å². The molecule has 6 aromatic rings. The van der Waals surface area contributed by atoms with Crippen molar-refractivity contribution in [1.29, 1.82) is 0 Å². The van der Waals surface area contributed by atoms with Crippen LogP contribution in [0.2, 0.25) is 0 Å². The van der Waals surface area contributed by atoms with Crippen molar-refractivity contribution < 1.29 is 32.0 Å². The van der Waals surface area contributed by atoms with Crippen molar-refractivity contribution in [2.24, 2.45) is 0 Å². The van der Waals surface area contributed by atoms with Crippen molar-refractivity contribution in [3.05, 3.63) is 90.3 Å². The molecule has 0 spiro atoms. The number of fused-ring (bicyclic) bond motifs is 2. The molecule has 45 heavy (non-hydrogen) atoms. The van der Waals surface area contributed by atoms with Gasteiger partial charge in [0.15, 0.2) is 5.58 Å². The summed E-state index contributed by atoms with van der Waals surface area (Å²) in [5.74, 6) is -0.618. The Morgan fingerprint density at radius 1 is 0.844 bits per heavy atom. The maximum absolute atomic E-state index is 15.4. The van der Waals surface area contributed by atoms with Gasteiger partial charge in [0.25, 0.3) is 5.91 Å².